The van der Waals surface area contributed by atoms with Gasteiger partial charge < -0.3 is 15.3 Å². The number of fused-ring (bicyclic) bond motifs is 2. The molecule has 2 aliphatic rings. The Hall–Kier alpha value is -2.05. The van der Waals surface area contributed by atoms with Crippen molar-refractivity contribution in [2.24, 2.45) is 0 Å². The van der Waals surface area contributed by atoms with E-state index in [1.54, 1.807) is 11.8 Å². The van der Waals surface area contributed by atoms with Gasteiger partial charge in [-0.2, -0.15) is 0 Å². The molecule has 0 saturated carbocycles. The molecule has 0 spiro atoms. The lowest BCUT2D eigenvalue weighted by molar-refractivity contribution is 0.150. The summed E-state index contributed by atoms with van der Waals surface area (Å²) in [6.07, 6.45) is 4.21. The summed E-state index contributed by atoms with van der Waals surface area (Å²) in [6, 6.07) is 6.24. The van der Waals surface area contributed by atoms with Gasteiger partial charge in [-0.3, -0.25) is 0 Å². The van der Waals surface area contributed by atoms with E-state index in [0.717, 1.165) is 58.1 Å². The number of aliphatic hydroxyl groups is 1. The highest BCUT2D eigenvalue weighted by Gasteiger charge is 2.35. The van der Waals surface area contributed by atoms with E-state index in [4.69, 9.17) is 9.97 Å². The molecule has 1 aromatic carbocycles. The fourth-order valence-electron chi connectivity index (χ4n) is 4.01. The van der Waals surface area contributed by atoms with Crippen LogP contribution in [0.2, 0.25) is 0 Å². The minimum atomic E-state index is -0.504. The molecule has 6 heteroatoms. The van der Waals surface area contributed by atoms with E-state index in [9.17, 15) is 5.11 Å². The molecule has 0 amide bonds. The van der Waals surface area contributed by atoms with Crippen molar-refractivity contribution in [2.45, 2.75) is 43.4 Å². The van der Waals surface area contributed by atoms with Gasteiger partial charge in [-0.15, -0.1) is 11.8 Å². The molecule has 1 unspecified atom stereocenters. The SMILES string of the molecule is C=C1c2c(NC)cccc2N(c2nc(SC)c3c(n2)[C@@H](O)CCC3)C1C. The number of hydrogen-bond acceptors (Lipinski definition) is 6. The zero-order valence-corrected chi connectivity index (χ0v) is 16.2. The van der Waals surface area contributed by atoms with E-state index in [2.05, 4.69) is 35.9 Å². The van der Waals surface area contributed by atoms with Crippen LogP contribution in [0.15, 0.2) is 29.8 Å². The van der Waals surface area contributed by atoms with Crippen LogP contribution >= 0.6 is 11.8 Å². The van der Waals surface area contributed by atoms with Crippen molar-refractivity contribution in [2.75, 3.05) is 23.5 Å². The molecule has 2 atom stereocenters. The van der Waals surface area contributed by atoms with E-state index in [1.807, 2.05) is 19.4 Å². The van der Waals surface area contributed by atoms with Crippen LogP contribution < -0.4 is 10.2 Å². The summed E-state index contributed by atoms with van der Waals surface area (Å²) < 4.78 is 0. The van der Waals surface area contributed by atoms with Crippen molar-refractivity contribution in [1.82, 2.24) is 9.97 Å². The van der Waals surface area contributed by atoms with Gasteiger partial charge in [0, 0.05) is 23.9 Å². The van der Waals surface area contributed by atoms with Gasteiger partial charge in [0.25, 0.3) is 0 Å². The first-order chi connectivity index (χ1) is 12.6. The second-order valence-corrected chi connectivity index (χ2v) is 7.62. The minimum absolute atomic E-state index is 0.0630. The first kappa shape index (κ1) is 17.4. The molecule has 0 saturated heterocycles. The summed E-state index contributed by atoms with van der Waals surface area (Å²) in [5.74, 6) is 0.648. The van der Waals surface area contributed by atoms with Gasteiger partial charge in [-0.25, -0.2) is 9.97 Å². The maximum absolute atomic E-state index is 10.5. The summed E-state index contributed by atoms with van der Waals surface area (Å²) in [4.78, 5) is 11.8. The van der Waals surface area contributed by atoms with Gasteiger partial charge in [-0.05, 0) is 50.1 Å². The monoisotopic (exact) mass is 368 g/mol. The minimum Gasteiger partial charge on any atom is -0.388 e. The van der Waals surface area contributed by atoms with Crippen LogP contribution in [0.5, 0.6) is 0 Å². The standard InChI is InChI=1S/C20H24N4OS/c1-11-12(2)24(15-9-6-8-14(21-3)17(11)15)20-22-18-13(19(23-20)26-4)7-5-10-16(18)25/h6,8-9,12,16,21,25H,1,5,7,10H2,2-4H3/t12?,16-/m0/s1. The number of aliphatic hydroxyl groups excluding tert-OH is 1. The van der Waals surface area contributed by atoms with Gasteiger partial charge >= 0.3 is 0 Å². The Morgan fingerprint density at radius 2 is 2.15 bits per heavy atom. The highest BCUT2D eigenvalue weighted by molar-refractivity contribution is 7.98. The lowest BCUT2D eigenvalue weighted by atomic mass is 9.95. The Morgan fingerprint density at radius 3 is 2.88 bits per heavy atom. The van der Waals surface area contributed by atoms with Crippen LogP contribution in [0.3, 0.4) is 0 Å². The number of thioether (sulfide) groups is 1. The Labute approximate surface area is 158 Å². The normalized spacial score (nSPS) is 21.5. The Bertz CT molecular complexity index is 882. The van der Waals surface area contributed by atoms with E-state index < -0.39 is 6.10 Å². The topological polar surface area (TPSA) is 61.3 Å². The second kappa shape index (κ2) is 6.59. The fraction of sp³-hybridized carbons (Fsp3) is 0.400. The third-order valence-electron chi connectivity index (χ3n) is 5.40. The third-order valence-corrected chi connectivity index (χ3v) is 6.13. The average Bonchev–Trinajstić information content (AvgIpc) is 2.92. The number of rotatable bonds is 3. The molecule has 4 rings (SSSR count). The van der Waals surface area contributed by atoms with E-state index >= 15 is 0 Å². The summed E-state index contributed by atoms with van der Waals surface area (Å²) in [5.41, 5.74) is 6.20. The van der Waals surface area contributed by atoms with Crippen LogP contribution in [0.25, 0.3) is 5.57 Å². The van der Waals surface area contributed by atoms with Gasteiger partial charge in [0.05, 0.1) is 23.5 Å². The molecular formula is C20H24N4OS. The predicted molar refractivity (Wildman–Crippen MR) is 108 cm³/mol. The molecule has 1 aromatic heterocycles. The van der Waals surface area contributed by atoms with Gasteiger partial charge in [0.1, 0.15) is 5.03 Å². The lowest BCUT2D eigenvalue weighted by Gasteiger charge is -2.27. The van der Waals surface area contributed by atoms with Gasteiger partial charge in [0.2, 0.25) is 5.95 Å². The molecule has 5 nitrogen and oxygen atoms in total. The van der Waals surface area contributed by atoms with Crippen molar-refractivity contribution >= 4 is 34.7 Å². The van der Waals surface area contributed by atoms with Crippen molar-refractivity contribution in [3.8, 4) is 0 Å². The summed E-state index contributed by atoms with van der Waals surface area (Å²) in [7, 11) is 1.92. The Morgan fingerprint density at radius 1 is 1.35 bits per heavy atom. The summed E-state index contributed by atoms with van der Waals surface area (Å²) in [6.45, 7) is 6.44. The average molecular weight is 369 g/mol. The highest BCUT2D eigenvalue weighted by Crippen LogP contribution is 2.47. The Kier molecular flexibility index (Phi) is 4.40. The molecule has 26 heavy (non-hydrogen) atoms. The van der Waals surface area contributed by atoms with E-state index in [-0.39, 0.29) is 6.04 Å². The largest absolute Gasteiger partial charge is 0.388 e. The third kappa shape index (κ3) is 2.51. The van der Waals surface area contributed by atoms with Crippen LogP contribution in [0.1, 0.15) is 42.7 Å². The van der Waals surface area contributed by atoms with E-state index in [1.165, 1.54) is 0 Å². The van der Waals surface area contributed by atoms with Crippen molar-refractivity contribution in [3.05, 3.63) is 41.6 Å². The molecular weight excluding hydrogens is 344 g/mol. The molecule has 136 valence electrons. The van der Waals surface area contributed by atoms with Crippen molar-refractivity contribution in [1.29, 1.82) is 0 Å². The molecule has 0 bridgehead atoms. The highest BCUT2D eigenvalue weighted by atomic mass is 32.2. The lowest BCUT2D eigenvalue weighted by Crippen LogP contribution is -2.27. The van der Waals surface area contributed by atoms with Crippen molar-refractivity contribution < 1.29 is 5.11 Å². The fourth-order valence-corrected chi connectivity index (χ4v) is 4.63. The van der Waals surface area contributed by atoms with Crippen LogP contribution in [-0.4, -0.2) is 34.4 Å². The quantitative estimate of drug-likeness (QED) is 0.626. The van der Waals surface area contributed by atoms with Gasteiger partial charge in [-0.1, -0.05) is 12.6 Å². The van der Waals surface area contributed by atoms with Crippen LogP contribution in [-0.2, 0) is 6.42 Å². The number of aromatic nitrogens is 2. The molecule has 2 N–H and O–H groups in total. The van der Waals surface area contributed by atoms with Crippen LogP contribution in [0.4, 0.5) is 17.3 Å². The first-order valence-corrected chi connectivity index (χ1v) is 10.2. The smallest absolute Gasteiger partial charge is 0.231 e. The maximum Gasteiger partial charge on any atom is 0.231 e. The molecule has 2 heterocycles. The van der Waals surface area contributed by atoms with Crippen LogP contribution in [0, 0.1) is 0 Å². The Balaban J connectivity index is 1.89. The molecule has 2 aromatic rings. The summed E-state index contributed by atoms with van der Waals surface area (Å²) in [5, 5.41) is 14.7. The summed E-state index contributed by atoms with van der Waals surface area (Å²) >= 11 is 1.63. The molecule has 0 radical (unpaired) electrons. The first-order valence-electron chi connectivity index (χ1n) is 8.98. The maximum atomic E-state index is 10.5. The predicted octanol–water partition coefficient (Wildman–Crippen LogP) is 4.16. The zero-order chi connectivity index (χ0) is 18.4. The molecule has 1 aliphatic heterocycles. The van der Waals surface area contributed by atoms with E-state index in [0.29, 0.717) is 5.95 Å². The number of anilines is 3. The number of benzene rings is 1. The number of hydrogen-bond donors (Lipinski definition) is 2. The number of nitrogens with zero attached hydrogens (tertiary/aromatic N) is 3. The zero-order valence-electron chi connectivity index (χ0n) is 15.4. The second-order valence-electron chi connectivity index (χ2n) is 6.83. The van der Waals surface area contributed by atoms with Gasteiger partial charge in [0.15, 0.2) is 0 Å². The molecule has 1 aliphatic carbocycles. The molecule has 0 fully saturated rings. The number of nitrogens with one attached hydrogen (secondary N) is 1. The van der Waals surface area contributed by atoms with Crippen molar-refractivity contribution in [3.63, 3.8) is 0 Å².